The number of hydrogen-bond donors (Lipinski definition) is 1. The maximum atomic E-state index is 13.4. The quantitative estimate of drug-likeness (QED) is 0.503. The third-order valence-electron chi connectivity index (χ3n) is 5.75. The van der Waals surface area contributed by atoms with E-state index in [2.05, 4.69) is 10.3 Å². The number of carbonyl (C=O) groups is 2. The van der Waals surface area contributed by atoms with E-state index in [4.69, 9.17) is 13.9 Å². The molecule has 1 N–H and O–H groups in total. The first-order valence-electron chi connectivity index (χ1n) is 11.6. The molecule has 0 radical (unpaired) electrons. The Morgan fingerprint density at radius 1 is 1.17 bits per heavy atom. The van der Waals surface area contributed by atoms with Crippen molar-refractivity contribution < 1.29 is 32.3 Å². The molecule has 8 nitrogen and oxygen atoms in total. The number of benzene rings is 1. The van der Waals surface area contributed by atoms with Gasteiger partial charge in [0.05, 0.1) is 24.9 Å². The SMILES string of the molecule is COc1cc(-c2ccc(C(=O)N3CCC(F)(F)CC3)cn2)cc2cc(CNC(=O)OC(C)(C)C)oc12. The van der Waals surface area contributed by atoms with Gasteiger partial charge in [-0.25, -0.2) is 13.6 Å². The Labute approximate surface area is 207 Å². The highest BCUT2D eigenvalue weighted by atomic mass is 19.3. The van der Waals surface area contributed by atoms with Gasteiger partial charge in [0.15, 0.2) is 11.3 Å². The molecule has 0 saturated carbocycles. The van der Waals surface area contributed by atoms with Gasteiger partial charge < -0.3 is 24.1 Å². The summed E-state index contributed by atoms with van der Waals surface area (Å²) in [5, 5.41) is 3.41. The van der Waals surface area contributed by atoms with Crippen molar-refractivity contribution in [3.63, 3.8) is 0 Å². The molecule has 0 unspecified atom stereocenters. The maximum Gasteiger partial charge on any atom is 0.408 e. The van der Waals surface area contributed by atoms with Gasteiger partial charge in [-0.2, -0.15) is 0 Å². The van der Waals surface area contributed by atoms with Gasteiger partial charge in [0.2, 0.25) is 0 Å². The second-order valence-corrected chi connectivity index (χ2v) is 9.75. The Morgan fingerprint density at radius 3 is 2.50 bits per heavy atom. The number of aromatic nitrogens is 1. The number of amides is 2. The minimum Gasteiger partial charge on any atom is -0.493 e. The zero-order valence-electron chi connectivity index (χ0n) is 20.7. The molecule has 3 aromatic rings. The lowest BCUT2D eigenvalue weighted by atomic mass is 10.0. The zero-order chi connectivity index (χ0) is 26.1. The summed E-state index contributed by atoms with van der Waals surface area (Å²) in [5.41, 5.74) is 1.60. The van der Waals surface area contributed by atoms with Crippen molar-refractivity contribution in [2.24, 2.45) is 0 Å². The lowest BCUT2D eigenvalue weighted by molar-refractivity contribution is -0.0494. The van der Waals surface area contributed by atoms with E-state index in [1.54, 1.807) is 45.0 Å². The summed E-state index contributed by atoms with van der Waals surface area (Å²) >= 11 is 0. The highest BCUT2D eigenvalue weighted by molar-refractivity contribution is 5.94. The summed E-state index contributed by atoms with van der Waals surface area (Å²) in [4.78, 5) is 30.5. The van der Waals surface area contributed by atoms with Crippen LogP contribution in [0.1, 0.15) is 49.7 Å². The molecule has 0 atom stereocenters. The number of alkyl carbamates (subject to hydrolysis) is 1. The van der Waals surface area contributed by atoms with Gasteiger partial charge in [0.1, 0.15) is 11.4 Å². The van der Waals surface area contributed by atoms with Crippen molar-refractivity contribution >= 4 is 23.0 Å². The summed E-state index contributed by atoms with van der Waals surface area (Å²) in [5.74, 6) is -2.01. The maximum absolute atomic E-state index is 13.4. The molecule has 192 valence electrons. The van der Waals surface area contributed by atoms with E-state index >= 15 is 0 Å². The fraction of sp³-hybridized carbons (Fsp3) is 0.423. The van der Waals surface area contributed by atoms with Crippen molar-refractivity contribution in [2.75, 3.05) is 20.2 Å². The van der Waals surface area contributed by atoms with E-state index < -0.39 is 17.6 Å². The van der Waals surface area contributed by atoms with E-state index in [1.165, 1.54) is 18.2 Å². The largest absolute Gasteiger partial charge is 0.493 e. The van der Waals surface area contributed by atoms with Crippen LogP contribution in [0, 0.1) is 0 Å². The van der Waals surface area contributed by atoms with Crippen molar-refractivity contribution in [1.82, 2.24) is 15.2 Å². The number of carbonyl (C=O) groups excluding carboxylic acids is 2. The highest BCUT2D eigenvalue weighted by Crippen LogP contribution is 2.34. The third-order valence-corrected chi connectivity index (χ3v) is 5.75. The number of alkyl halides is 2. The summed E-state index contributed by atoms with van der Waals surface area (Å²) < 4.78 is 43.4. The monoisotopic (exact) mass is 501 g/mol. The van der Waals surface area contributed by atoms with Crippen LogP contribution in [0.4, 0.5) is 13.6 Å². The van der Waals surface area contributed by atoms with Crippen LogP contribution in [0.25, 0.3) is 22.2 Å². The average molecular weight is 502 g/mol. The minimum absolute atomic E-state index is 0.0209. The number of rotatable bonds is 5. The molecule has 0 aliphatic carbocycles. The Morgan fingerprint density at radius 2 is 1.89 bits per heavy atom. The number of likely N-dealkylation sites (tertiary alicyclic amines) is 1. The smallest absolute Gasteiger partial charge is 0.408 e. The normalized spacial score (nSPS) is 15.6. The topological polar surface area (TPSA) is 93.9 Å². The van der Waals surface area contributed by atoms with Crippen LogP contribution < -0.4 is 10.1 Å². The predicted molar refractivity (Wildman–Crippen MR) is 129 cm³/mol. The summed E-state index contributed by atoms with van der Waals surface area (Å²) in [6, 6.07) is 8.78. The molecule has 36 heavy (non-hydrogen) atoms. The van der Waals surface area contributed by atoms with Crippen LogP contribution >= 0.6 is 0 Å². The summed E-state index contributed by atoms with van der Waals surface area (Å²) in [6.07, 6.45) is 0.244. The molecule has 3 heterocycles. The second-order valence-electron chi connectivity index (χ2n) is 9.75. The third kappa shape index (κ3) is 5.92. The van der Waals surface area contributed by atoms with Gasteiger partial charge in [0.25, 0.3) is 11.8 Å². The Hall–Kier alpha value is -3.69. The number of pyridine rings is 1. The Bertz CT molecular complexity index is 1260. The molecule has 2 aromatic heterocycles. The molecular weight excluding hydrogens is 472 g/mol. The minimum atomic E-state index is -2.71. The van der Waals surface area contributed by atoms with Crippen molar-refractivity contribution in [3.05, 3.63) is 47.9 Å². The van der Waals surface area contributed by atoms with Crippen LogP contribution in [-0.2, 0) is 11.3 Å². The van der Waals surface area contributed by atoms with Crippen LogP contribution in [-0.4, -0.2) is 53.6 Å². The Balaban J connectivity index is 1.50. The predicted octanol–water partition coefficient (Wildman–Crippen LogP) is 5.40. The number of methoxy groups -OCH3 is 1. The highest BCUT2D eigenvalue weighted by Gasteiger charge is 2.35. The van der Waals surface area contributed by atoms with E-state index in [1.807, 2.05) is 6.07 Å². The molecule has 1 aliphatic heterocycles. The average Bonchev–Trinajstić information content (AvgIpc) is 3.24. The van der Waals surface area contributed by atoms with Crippen molar-refractivity contribution in [1.29, 1.82) is 0 Å². The first-order chi connectivity index (χ1) is 16.9. The molecule has 10 heteroatoms. The molecule has 1 aliphatic rings. The van der Waals surface area contributed by atoms with Crippen LogP contribution in [0.2, 0.25) is 0 Å². The fourth-order valence-electron chi connectivity index (χ4n) is 3.94. The molecule has 2 amide bonds. The van der Waals surface area contributed by atoms with Crippen molar-refractivity contribution in [2.45, 2.75) is 51.7 Å². The molecule has 4 rings (SSSR count). The summed E-state index contributed by atoms with van der Waals surface area (Å²) in [6.45, 7) is 5.53. The summed E-state index contributed by atoms with van der Waals surface area (Å²) in [7, 11) is 1.52. The Kier molecular flexibility index (Phi) is 6.88. The van der Waals surface area contributed by atoms with E-state index in [0.717, 1.165) is 10.9 Å². The van der Waals surface area contributed by atoms with Gasteiger partial charge in [0, 0.05) is 43.1 Å². The second kappa shape index (κ2) is 9.75. The number of furan rings is 1. The fourth-order valence-corrected chi connectivity index (χ4v) is 3.94. The van der Waals surface area contributed by atoms with Gasteiger partial charge in [-0.3, -0.25) is 9.78 Å². The van der Waals surface area contributed by atoms with Gasteiger partial charge in [-0.15, -0.1) is 0 Å². The number of nitrogens with zero attached hydrogens (tertiary/aromatic N) is 2. The van der Waals surface area contributed by atoms with Gasteiger partial charge in [-0.1, -0.05) is 0 Å². The van der Waals surface area contributed by atoms with Gasteiger partial charge in [-0.05, 0) is 51.1 Å². The molecule has 1 aromatic carbocycles. The number of hydrogen-bond acceptors (Lipinski definition) is 6. The number of ether oxygens (including phenoxy) is 2. The number of nitrogens with one attached hydrogen (secondary N) is 1. The standard InChI is InChI=1S/C26H29F2N3O5/c1-25(2,3)36-24(33)30-15-19-12-18-11-17(13-21(34-4)22(18)35-19)20-6-5-16(14-29-20)23(32)31-9-7-26(27,28)8-10-31/h5-6,11-14H,7-10,15H2,1-4H3,(H,30,33). The van der Waals surface area contributed by atoms with E-state index in [9.17, 15) is 18.4 Å². The van der Waals surface area contributed by atoms with Crippen LogP contribution in [0.3, 0.4) is 0 Å². The molecular formula is C26H29F2N3O5. The number of piperidine rings is 1. The van der Waals surface area contributed by atoms with Gasteiger partial charge >= 0.3 is 6.09 Å². The first kappa shape index (κ1) is 25.4. The van der Waals surface area contributed by atoms with Crippen LogP contribution in [0.5, 0.6) is 5.75 Å². The van der Waals surface area contributed by atoms with E-state index in [0.29, 0.717) is 28.4 Å². The van der Waals surface area contributed by atoms with Crippen molar-refractivity contribution in [3.8, 4) is 17.0 Å². The number of fused-ring (bicyclic) bond motifs is 1. The molecule has 1 saturated heterocycles. The lowest BCUT2D eigenvalue weighted by Crippen LogP contribution is -2.42. The first-order valence-corrected chi connectivity index (χ1v) is 11.6. The molecule has 0 bridgehead atoms. The molecule has 0 spiro atoms. The zero-order valence-corrected chi connectivity index (χ0v) is 20.7. The number of halogens is 2. The lowest BCUT2D eigenvalue weighted by Gasteiger charge is -2.31. The van der Waals surface area contributed by atoms with E-state index in [-0.39, 0.29) is 38.4 Å². The van der Waals surface area contributed by atoms with Crippen LogP contribution in [0.15, 0.2) is 40.9 Å². The molecule has 1 fully saturated rings.